The van der Waals surface area contributed by atoms with E-state index in [9.17, 15) is 15.0 Å². The normalized spacial score (nSPS) is 31.3. The highest BCUT2D eigenvalue weighted by atomic mass is 16.5. The Hall–Kier alpha value is -2.26. The lowest BCUT2D eigenvalue weighted by atomic mass is 9.67. The van der Waals surface area contributed by atoms with Crippen molar-refractivity contribution in [2.24, 2.45) is 17.8 Å². The smallest absolute Gasteiger partial charge is 0.176 e. The molecule has 2 aromatic rings. The third-order valence-electron chi connectivity index (χ3n) is 7.76. The fourth-order valence-electron chi connectivity index (χ4n) is 5.81. The third-order valence-corrected chi connectivity index (χ3v) is 7.76. The van der Waals surface area contributed by atoms with Crippen LogP contribution in [0.25, 0.3) is 16.6 Å². The SMILES string of the molecule is CCC1CC2C(=O)C(c3nc4ccccc4[nH]3)=COC2C(CN2CCN(CCO)CC2)C1O. The summed E-state index contributed by atoms with van der Waals surface area (Å²) in [5.74, 6) is 0.307. The summed E-state index contributed by atoms with van der Waals surface area (Å²) >= 11 is 0. The lowest BCUT2D eigenvalue weighted by molar-refractivity contribution is -0.141. The van der Waals surface area contributed by atoms with Crippen LogP contribution in [-0.2, 0) is 9.53 Å². The molecule has 3 N–H and O–H groups in total. The summed E-state index contributed by atoms with van der Waals surface area (Å²) in [6.07, 6.45) is 2.23. The number of aromatic amines is 1. The Morgan fingerprint density at radius 2 is 1.94 bits per heavy atom. The molecular formula is C25H34N4O4. The number of carbonyl (C=O) groups excluding carboxylic acids is 1. The number of H-pyrrole nitrogens is 1. The van der Waals surface area contributed by atoms with Gasteiger partial charge in [-0.05, 0) is 24.5 Å². The number of ketones is 1. The summed E-state index contributed by atoms with van der Waals surface area (Å²) < 4.78 is 6.22. The number of piperazine rings is 1. The largest absolute Gasteiger partial charge is 0.496 e. The van der Waals surface area contributed by atoms with E-state index in [2.05, 4.69) is 26.7 Å². The highest BCUT2D eigenvalue weighted by molar-refractivity contribution is 6.21. The second-order valence-corrected chi connectivity index (χ2v) is 9.63. The summed E-state index contributed by atoms with van der Waals surface area (Å²) in [5, 5.41) is 20.4. The highest BCUT2D eigenvalue weighted by Gasteiger charge is 2.50. The van der Waals surface area contributed by atoms with Crippen LogP contribution in [0.15, 0.2) is 30.5 Å². The highest BCUT2D eigenvalue weighted by Crippen LogP contribution is 2.43. The quantitative estimate of drug-likeness (QED) is 0.608. The zero-order valence-corrected chi connectivity index (χ0v) is 19.2. The van der Waals surface area contributed by atoms with E-state index in [1.165, 1.54) is 0 Å². The fraction of sp³-hybridized carbons (Fsp3) is 0.600. The number of nitrogens with one attached hydrogen (secondary N) is 1. The number of fused-ring (bicyclic) bond motifs is 2. The third kappa shape index (κ3) is 4.33. The number of aliphatic hydroxyl groups excluding tert-OH is 2. The molecule has 2 aliphatic heterocycles. The maximum atomic E-state index is 13.6. The van der Waals surface area contributed by atoms with E-state index in [-0.39, 0.29) is 36.2 Å². The van der Waals surface area contributed by atoms with Gasteiger partial charge in [0.2, 0.25) is 0 Å². The maximum absolute atomic E-state index is 13.6. The maximum Gasteiger partial charge on any atom is 0.176 e. The van der Waals surface area contributed by atoms with Gasteiger partial charge in [0.1, 0.15) is 11.9 Å². The summed E-state index contributed by atoms with van der Waals surface area (Å²) in [6.45, 7) is 7.29. The van der Waals surface area contributed by atoms with Crippen LogP contribution in [0.1, 0.15) is 25.6 Å². The molecule has 3 heterocycles. The molecule has 0 amide bonds. The van der Waals surface area contributed by atoms with Crippen molar-refractivity contribution in [2.75, 3.05) is 45.9 Å². The molecule has 8 heteroatoms. The lowest BCUT2D eigenvalue weighted by Gasteiger charge is -2.47. The van der Waals surface area contributed by atoms with E-state index in [1.54, 1.807) is 6.26 Å². The number of hydrogen-bond acceptors (Lipinski definition) is 7. The van der Waals surface area contributed by atoms with E-state index in [4.69, 9.17) is 4.74 Å². The second kappa shape index (κ2) is 9.54. The number of allylic oxidation sites excluding steroid dienone is 1. The Labute approximate surface area is 194 Å². The van der Waals surface area contributed by atoms with E-state index in [0.29, 0.717) is 30.9 Å². The number of hydrogen-bond donors (Lipinski definition) is 3. The molecule has 5 unspecified atom stereocenters. The molecule has 5 atom stereocenters. The van der Waals surface area contributed by atoms with Gasteiger partial charge in [-0.2, -0.15) is 0 Å². The number of ether oxygens (including phenoxy) is 1. The molecule has 1 aromatic heterocycles. The number of benzene rings is 1. The van der Waals surface area contributed by atoms with Crippen molar-refractivity contribution in [2.45, 2.75) is 32.0 Å². The van der Waals surface area contributed by atoms with Crippen LogP contribution in [0.5, 0.6) is 0 Å². The van der Waals surface area contributed by atoms with Crippen molar-refractivity contribution in [3.05, 3.63) is 36.4 Å². The van der Waals surface area contributed by atoms with Gasteiger partial charge < -0.3 is 24.8 Å². The summed E-state index contributed by atoms with van der Waals surface area (Å²) in [4.78, 5) is 26.1. The monoisotopic (exact) mass is 454 g/mol. The van der Waals surface area contributed by atoms with Gasteiger partial charge in [-0.15, -0.1) is 0 Å². The van der Waals surface area contributed by atoms with Crippen LogP contribution in [0.3, 0.4) is 0 Å². The van der Waals surface area contributed by atoms with Crippen LogP contribution in [0.2, 0.25) is 0 Å². The molecule has 1 aromatic carbocycles. The zero-order chi connectivity index (χ0) is 22.9. The van der Waals surface area contributed by atoms with Gasteiger partial charge in [-0.25, -0.2) is 4.98 Å². The number of imidazole rings is 1. The van der Waals surface area contributed by atoms with Gasteiger partial charge in [0, 0.05) is 45.2 Å². The molecule has 33 heavy (non-hydrogen) atoms. The van der Waals surface area contributed by atoms with Crippen molar-refractivity contribution in [3.63, 3.8) is 0 Å². The van der Waals surface area contributed by atoms with E-state index < -0.39 is 6.10 Å². The topological polar surface area (TPSA) is 102 Å². The molecule has 0 spiro atoms. The summed E-state index contributed by atoms with van der Waals surface area (Å²) in [6, 6.07) is 7.74. The number of carbonyl (C=O) groups is 1. The summed E-state index contributed by atoms with van der Waals surface area (Å²) in [5.41, 5.74) is 2.22. The Bertz CT molecular complexity index is 980. The number of aliphatic hydroxyl groups is 2. The van der Waals surface area contributed by atoms with Gasteiger partial charge >= 0.3 is 0 Å². The average molecular weight is 455 g/mol. The predicted molar refractivity (Wildman–Crippen MR) is 125 cm³/mol. The van der Waals surface area contributed by atoms with Crippen molar-refractivity contribution in [1.29, 1.82) is 0 Å². The van der Waals surface area contributed by atoms with Crippen LogP contribution < -0.4 is 0 Å². The molecule has 1 saturated heterocycles. The Kier molecular flexibility index (Phi) is 6.51. The zero-order valence-electron chi connectivity index (χ0n) is 19.2. The van der Waals surface area contributed by atoms with Crippen molar-refractivity contribution in [1.82, 2.24) is 19.8 Å². The lowest BCUT2D eigenvalue weighted by Crippen LogP contribution is -2.57. The van der Waals surface area contributed by atoms with Crippen LogP contribution in [-0.4, -0.2) is 93.8 Å². The first-order valence-corrected chi connectivity index (χ1v) is 12.2. The molecule has 0 bridgehead atoms. The van der Waals surface area contributed by atoms with Gasteiger partial charge in [0.05, 0.1) is 41.5 Å². The number of aromatic nitrogens is 2. The van der Waals surface area contributed by atoms with E-state index in [1.807, 2.05) is 24.3 Å². The molecular weight excluding hydrogens is 420 g/mol. The Morgan fingerprint density at radius 1 is 1.18 bits per heavy atom. The van der Waals surface area contributed by atoms with Crippen LogP contribution in [0, 0.1) is 17.8 Å². The predicted octanol–water partition coefficient (Wildman–Crippen LogP) is 1.50. The fourth-order valence-corrected chi connectivity index (χ4v) is 5.81. The average Bonchev–Trinajstić information content (AvgIpc) is 3.26. The number of rotatable bonds is 6. The van der Waals surface area contributed by atoms with Gasteiger partial charge in [-0.3, -0.25) is 9.69 Å². The first-order chi connectivity index (χ1) is 16.1. The number of β-amino-alcohol motifs (C(OH)–C–C–N with tert-alkyl or cyclic N) is 1. The van der Waals surface area contributed by atoms with Crippen molar-refractivity contribution < 1.29 is 19.7 Å². The first kappa shape index (κ1) is 22.5. The van der Waals surface area contributed by atoms with Gasteiger partial charge in [0.25, 0.3) is 0 Å². The van der Waals surface area contributed by atoms with E-state index in [0.717, 1.165) is 43.6 Å². The Balaban J connectivity index is 1.36. The van der Waals surface area contributed by atoms with Crippen LogP contribution in [0.4, 0.5) is 0 Å². The molecule has 178 valence electrons. The molecule has 1 saturated carbocycles. The minimum Gasteiger partial charge on any atom is -0.496 e. The van der Waals surface area contributed by atoms with Crippen molar-refractivity contribution >= 4 is 22.4 Å². The molecule has 2 fully saturated rings. The number of para-hydroxylation sites is 2. The van der Waals surface area contributed by atoms with Crippen LogP contribution >= 0.6 is 0 Å². The van der Waals surface area contributed by atoms with Gasteiger partial charge in [0.15, 0.2) is 5.78 Å². The minimum atomic E-state index is -0.485. The standard InChI is InChI=1S/C25H34N4O4/c1-2-16-13-17-23(32)19(25-26-20-5-3-4-6-21(20)27-25)15-33-24(17)18(22(16)31)14-29-9-7-28(8-10-29)11-12-30/h3-6,15-18,22,24,30-31H,2,7-14H2,1H3,(H,26,27). The molecule has 5 rings (SSSR count). The minimum absolute atomic E-state index is 0.0634. The van der Waals surface area contributed by atoms with Gasteiger partial charge in [-0.1, -0.05) is 25.5 Å². The number of nitrogens with zero attached hydrogens (tertiary/aromatic N) is 3. The molecule has 8 nitrogen and oxygen atoms in total. The molecule has 1 aliphatic carbocycles. The van der Waals surface area contributed by atoms with E-state index >= 15 is 0 Å². The molecule has 0 radical (unpaired) electrons. The summed E-state index contributed by atoms with van der Waals surface area (Å²) in [7, 11) is 0. The number of Topliss-reactive ketones (excluding diaryl/α,β-unsaturated/α-hetero) is 1. The Morgan fingerprint density at radius 3 is 2.67 bits per heavy atom. The molecule has 3 aliphatic rings. The van der Waals surface area contributed by atoms with Crippen molar-refractivity contribution in [3.8, 4) is 0 Å². The first-order valence-electron chi connectivity index (χ1n) is 12.2. The second-order valence-electron chi connectivity index (χ2n) is 9.63.